The molecule has 2 heterocycles. The van der Waals surface area contributed by atoms with Gasteiger partial charge in [0.2, 0.25) is 21.8 Å². The second-order valence-electron chi connectivity index (χ2n) is 8.78. The first kappa shape index (κ1) is 24.5. The van der Waals surface area contributed by atoms with Gasteiger partial charge in [-0.2, -0.15) is 4.31 Å². The zero-order valence-electron chi connectivity index (χ0n) is 19.2. The molecule has 2 aliphatic rings. The largest absolute Gasteiger partial charge is 0.497 e. The number of ether oxygens (including phenoxy) is 1. The van der Waals surface area contributed by atoms with Gasteiger partial charge in [-0.1, -0.05) is 20.3 Å². The Kier molecular flexibility index (Phi) is 8.16. The number of carbonyl (C=O) groups excluding carboxylic acids is 2. The van der Waals surface area contributed by atoms with Crippen molar-refractivity contribution in [1.29, 1.82) is 0 Å². The third kappa shape index (κ3) is 5.43. The Balaban J connectivity index is 1.69. The summed E-state index contributed by atoms with van der Waals surface area (Å²) in [6.07, 6.45) is 3.96. The van der Waals surface area contributed by atoms with Gasteiger partial charge in [0.15, 0.2) is 0 Å². The summed E-state index contributed by atoms with van der Waals surface area (Å²) in [7, 11) is -2.18. The monoisotopic (exact) mass is 465 g/mol. The Morgan fingerprint density at radius 1 is 1.12 bits per heavy atom. The fraction of sp³-hybridized carbons (Fsp3) is 0.652. The van der Waals surface area contributed by atoms with Crippen molar-refractivity contribution in [3.05, 3.63) is 24.3 Å². The third-order valence-electron chi connectivity index (χ3n) is 6.65. The minimum Gasteiger partial charge on any atom is -0.497 e. The van der Waals surface area contributed by atoms with Crippen LogP contribution in [0.25, 0.3) is 0 Å². The van der Waals surface area contributed by atoms with Crippen LogP contribution in [0.15, 0.2) is 29.2 Å². The van der Waals surface area contributed by atoms with Gasteiger partial charge in [-0.15, -0.1) is 0 Å². The summed E-state index contributed by atoms with van der Waals surface area (Å²) in [5, 5.41) is 2.97. The van der Waals surface area contributed by atoms with Crippen LogP contribution in [-0.2, 0) is 19.6 Å². The molecule has 0 bridgehead atoms. The van der Waals surface area contributed by atoms with Gasteiger partial charge in [0.05, 0.1) is 17.9 Å². The number of sulfonamides is 1. The number of amides is 2. The molecule has 0 saturated carbocycles. The van der Waals surface area contributed by atoms with E-state index in [-0.39, 0.29) is 29.2 Å². The maximum Gasteiger partial charge on any atom is 0.245 e. The number of hydrogen-bond donors (Lipinski definition) is 1. The third-order valence-corrected chi connectivity index (χ3v) is 8.53. The number of carbonyl (C=O) groups is 2. The molecule has 3 unspecified atom stereocenters. The number of likely N-dealkylation sites (tertiary alicyclic amines) is 1. The molecule has 2 fully saturated rings. The average molecular weight is 466 g/mol. The number of benzene rings is 1. The van der Waals surface area contributed by atoms with Crippen LogP contribution in [0.1, 0.15) is 46.0 Å². The summed E-state index contributed by atoms with van der Waals surface area (Å²) in [6, 6.07) is 5.69. The van der Waals surface area contributed by atoms with Crippen LogP contribution in [0.2, 0.25) is 0 Å². The van der Waals surface area contributed by atoms with Crippen LogP contribution < -0.4 is 10.1 Å². The van der Waals surface area contributed by atoms with Gasteiger partial charge in [-0.05, 0) is 55.9 Å². The van der Waals surface area contributed by atoms with E-state index in [1.54, 1.807) is 12.1 Å². The Hall–Kier alpha value is -2.13. The molecule has 32 heavy (non-hydrogen) atoms. The molecule has 2 aliphatic heterocycles. The molecule has 9 heteroatoms. The molecule has 3 rings (SSSR count). The average Bonchev–Trinajstić information content (AvgIpc) is 3.36. The van der Waals surface area contributed by atoms with Crippen molar-refractivity contribution in [3.63, 3.8) is 0 Å². The van der Waals surface area contributed by atoms with Crippen LogP contribution in [0.5, 0.6) is 5.75 Å². The van der Waals surface area contributed by atoms with Crippen LogP contribution in [-0.4, -0.2) is 68.8 Å². The first-order chi connectivity index (χ1) is 15.3. The molecule has 1 aromatic carbocycles. The lowest BCUT2D eigenvalue weighted by atomic mass is 9.94. The van der Waals surface area contributed by atoms with Gasteiger partial charge < -0.3 is 15.0 Å². The fourth-order valence-corrected chi connectivity index (χ4v) is 5.88. The first-order valence-electron chi connectivity index (χ1n) is 11.5. The molecule has 8 nitrogen and oxygen atoms in total. The SMILES string of the molecule is CCC(C)C(NC(=O)C1CCCN(S(=O)(=O)c2ccc(OC)cc2)C1)C(=O)N1CCCC1. The van der Waals surface area contributed by atoms with Crippen molar-refractivity contribution < 1.29 is 22.7 Å². The van der Waals surface area contributed by atoms with Crippen LogP contribution in [0.4, 0.5) is 0 Å². The molecule has 178 valence electrons. The summed E-state index contributed by atoms with van der Waals surface area (Å²) in [4.78, 5) is 28.2. The molecule has 2 amide bonds. The number of piperidine rings is 1. The topological polar surface area (TPSA) is 96.0 Å². The van der Waals surface area contributed by atoms with Gasteiger partial charge in [-0.25, -0.2) is 8.42 Å². The smallest absolute Gasteiger partial charge is 0.245 e. The first-order valence-corrected chi connectivity index (χ1v) is 12.9. The van der Waals surface area contributed by atoms with Crippen molar-refractivity contribution >= 4 is 21.8 Å². The molecular formula is C23H35N3O5S. The summed E-state index contributed by atoms with van der Waals surface area (Å²) >= 11 is 0. The second-order valence-corrected chi connectivity index (χ2v) is 10.7. The molecule has 0 aromatic heterocycles. The Bertz CT molecular complexity index is 897. The van der Waals surface area contributed by atoms with E-state index in [2.05, 4.69) is 5.32 Å². The summed E-state index contributed by atoms with van der Waals surface area (Å²) in [6.45, 7) is 5.94. The van der Waals surface area contributed by atoms with E-state index in [0.717, 1.165) is 32.4 Å². The predicted molar refractivity (Wildman–Crippen MR) is 122 cm³/mol. The minimum absolute atomic E-state index is 0.00905. The summed E-state index contributed by atoms with van der Waals surface area (Å²) in [5.41, 5.74) is 0. The van der Waals surface area contributed by atoms with E-state index in [1.807, 2.05) is 18.7 Å². The maximum atomic E-state index is 13.1. The molecule has 0 aliphatic carbocycles. The van der Waals surface area contributed by atoms with Crippen molar-refractivity contribution in [2.75, 3.05) is 33.3 Å². The van der Waals surface area contributed by atoms with Gasteiger partial charge in [-0.3, -0.25) is 9.59 Å². The quantitative estimate of drug-likeness (QED) is 0.635. The lowest BCUT2D eigenvalue weighted by molar-refractivity contribution is -0.138. The number of nitrogens with zero attached hydrogens (tertiary/aromatic N) is 2. The Morgan fingerprint density at radius 2 is 1.78 bits per heavy atom. The summed E-state index contributed by atoms with van der Waals surface area (Å²) in [5.74, 6) is -0.149. The normalized spacial score (nSPS) is 21.7. The van der Waals surface area contributed by atoms with Gasteiger partial charge in [0, 0.05) is 26.2 Å². The van der Waals surface area contributed by atoms with Gasteiger partial charge in [0.25, 0.3) is 0 Å². The zero-order valence-corrected chi connectivity index (χ0v) is 20.1. The molecule has 0 radical (unpaired) electrons. The van der Waals surface area contributed by atoms with Crippen LogP contribution in [0, 0.1) is 11.8 Å². The van der Waals surface area contributed by atoms with E-state index in [4.69, 9.17) is 4.74 Å². The Labute approximate surface area is 191 Å². The maximum absolute atomic E-state index is 13.1. The Morgan fingerprint density at radius 3 is 2.38 bits per heavy atom. The van der Waals surface area contributed by atoms with Gasteiger partial charge in [0.1, 0.15) is 11.8 Å². The molecule has 1 aromatic rings. The highest BCUT2D eigenvalue weighted by Crippen LogP contribution is 2.26. The highest BCUT2D eigenvalue weighted by atomic mass is 32.2. The highest BCUT2D eigenvalue weighted by Gasteiger charge is 2.37. The van der Waals surface area contributed by atoms with Crippen molar-refractivity contribution in [3.8, 4) is 5.75 Å². The highest BCUT2D eigenvalue weighted by molar-refractivity contribution is 7.89. The van der Waals surface area contributed by atoms with E-state index in [9.17, 15) is 18.0 Å². The number of hydrogen-bond acceptors (Lipinski definition) is 5. The van der Waals surface area contributed by atoms with Crippen LogP contribution in [0.3, 0.4) is 0 Å². The van der Waals surface area contributed by atoms with E-state index in [1.165, 1.54) is 23.5 Å². The predicted octanol–water partition coefficient (Wildman–Crippen LogP) is 2.25. The van der Waals surface area contributed by atoms with E-state index in [0.29, 0.717) is 25.1 Å². The number of rotatable bonds is 8. The summed E-state index contributed by atoms with van der Waals surface area (Å²) < 4.78 is 32.7. The second kappa shape index (κ2) is 10.7. The standard InChI is InChI=1S/C23H35N3O5S/c1-4-17(2)21(23(28)25-13-5-6-14-25)24-22(27)18-8-7-15-26(16-18)32(29,30)20-11-9-19(31-3)10-12-20/h9-12,17-18,21H,4-8,13-16H2,1-3H3,(H,24,27). The fourth-order valence-electron chi connectivity index (χ4n) is 4.36. The lowest BCUT2D eigenvalue weighted by Gasteiger charge is -2.33. The molecule has 2 saturated heterocycles. The van der Waals surface area contributed by atoms with Gasteiger partial charge >= 0.3 is 0 Å². The van der Waals surface area contributed by atoms with Crippen molar-refractivity contribution in [1.82, 2.24) is 14.5 Å². The number of methoxy groups -OCH3 is 1. The van der Waals surface area contributed by atoms with Crippen molar-refractivity contribution in [2.24, 2.45) is 11.8 Å². The van der Waals surface area contributed by atoms with Crippen LogP contribution >= 0.6 is 0 Å². The molecular weight excluding hydrogens is 430 g/mol. The molecule has 1 N–H and O–H groups in total. The minimum atomic E-state index is -3.71. The van der Waals surface area contributed by atoms with E-state index >= 15 is 0 Å². The molecule has 0 spiro atoms. The number of nitrogens with one attached hydrogen (secondary N) is 1. The van der Waals surface area contributed by atoms with E-state index < -0.39 is 22.0 Å². The zero-order chi connectivity index (χ0) is 23.3. The lowest BCUT2D eigenvalue weighted by Crippen LogP contribution is -2.54. The molecule has 3 atom stereocenters. The van der Waals surface area contributed by atoms with Crippen molar-refractivity contribution in [2.45, 2.75) is 56.9 Å².